The van der Waals surface area contributed by atoms with Gasteiger partial charge in [0.05, 0.1) is 30.6 Å². The van der Waals surface area contributed by atoms with Gasteiger partial charge in [-0.25, -0.2) is 4.79 Å². The Balaban J connectivity index is 0.000000299. The number of ether oxygens (including phenoxy) is 3. The van der Waals surface area contributed by atoms with E-state index in [1.165, 1.54) is 11.9 Å². The first-order chi connectivity index (χ1) is 10.7. The SMILES string of the molecule is CCOC(=O)C1=CC2(CCC1SN)OCCO2.c1cc[nH]c1. The monoisotopic (exact) mass is 326 g/mol. The minimum Gasteiger partial charge on any atom is -0.463 e. The van der Waals surface area contributed by atoms with E-state index in [1.807, 2.05) is 24.5 Å². The summed E-state index contributed by atoms with van der Waals surface area (Å²) in [5.41, 5.74) is 0.563. The first-order valence-corrected chi connectivity index (χ1v) is 8.26. The minimum atomic E-state index is -0.728. The highest BCUT2D eigenvalue weighted by molar-refractivity contribution is 7.97. The summed E-state index contributed by atoms with van der Waals surface area (Å²) in [6.45, 7) is 3.26. The molecule has 0 bridgehead atoms. The lowest BCUT2D eigenvalue weighted by Gasteiger charge is -2.32. The molecule has 1 unspecified atom stereocenters. The highest BCUT2D eigenvalue weighted by Crippen LogP contribution is 2.37. The van der Waals surface area contributed by atoms with Crippen molar-refractivity contribution in [3.05, 3.63) is 36.2 Å². The Morgan fingerprint density at radius 2 is 2.14 bits per heavy atom. The molecule has 122 valence electrons. The van der Waals surface area contributed by atoms with Crippen molar-refractivity contribution in [3.8, 4) is 0 Å². The van der Waals surface area contributed by atoms with Crippen molar-refractivity contribution in [2.75, 3.05) is 19.8 Å². The lowest BCUT2D eigenvalue weighted by Crippen LogP contribution is -2.36. The number of carbonyl (C=O) groups is 1. The van der Waals surface area contributed by atoms with Crippen LogP contribution in [0.1, 0.15) is 19.8 Å². The topological polar surface area (TPSA) is 86.6 Å². The normalized spacial score (nSPS) is 22.6. The molecule has 7 heteroatoms. The molecule has 2 heterocycles. The van der Waals surface area contributed by atoms with Crippen LogP contribution < -0.4 is 5.14 Å². The van der Waals surface area contributed by atoms with Crippen LogP contribution in [0.5, 0.6) is 0 Å². The zero-order chi connectivity index (χ0) is 15.8. The van der Waals surface area contributed by atoms with E-state index < -0.39 is 5.79 Å². The third-order valence-corrected chi connectivity index (χ3v) is 4.24. The zero-order valence-corrected chi connectivity index (χ0v) is 13.4. The van der Waals surface area contributed by atoms with E-state index in [1.54, 1.807) is 13.0 Å². The Hall–Kier alpha value is -1.28. The molecule has 0 amide bonds. The van der Waals surface area contributed by atoms with E-state index >= 15 is 0 Å². The predicted molar refractivity (Wildman–Crippen MR) is 84.9 cm³/mol. The Morgan fingerprint density at radius 3 is 2.64 bits per heavy atom. The van der Waals surface area contributed by atoms with Crippen molar-refractivity contribution in [3.63, 3.8) is 0 Å². The van der Waals surface area contributed by atoms with Crippen LogP contribution in [0.3, 0.4) is 0 Å². The van der Waals surface area contributed by atoms with Crippen molar-refractivity contribution < 1.29 is 19.0 Å². The molecular formula is C15H22N2O4S. The lowest BCUT2D eigenvalue weighted by atomic mass is 9.94. The number of rotatable bonds is 3. The van der Waals surface area contributed by atoms with Crippen LogP contribution in [0.25, 0.3) is 0 Å². The third-order valence-electron chi connectivity index (χ3n) is 3.42. The molecule has 3 N–H and O–H groups in total. The van der Waals surface area contributed by atoms with E-state index in [0.29, 0.717) is 25.4 Å². The molecule has 1 spiro atoms. The molecule has 22 heavy (non-hydrogen) atoms. The van der Waals surface area contributed by atoms with E-state index in [-0.39, 0.29) is 11.2 Å². The second-order valence-corrected chi connectivity index (χ2v) is 5.72. The van der Waals surface area contributed by atoms with E-state index in [4.69, 9.17) is 19.3 Å². The molecule has 1 aromatic rings. The third kappa shape index (κ3) is 4.36. The average molecular weight is 326 g/mol. The van der Waals surface area contributed by atoms with Gasteiger partial charge >= 0.3 is 5.97 Å². The zero-order valence-electron chi connectivity index (χ0n) is 12.6. The molecule has 0 radical (unpaired) electrons. The van der Waals surface area contributed by atoms with Gasteiger partial charge in [0.1, 0.15) is 0 Å². The first-order valence-electron chi connectivity index (χ1n) is 7.32. The fourth-order valence-corrected chi connectivity index (χ4v) is 2.98. The largest absolute Gasteiger partial charge is 0.463 e. The number of aromatic amines is 1. The Kier molecular flexibility index (Phi) is 6.50. The molecule has 1 aliphatic carbocycles. The second kappa shape index (κ2) is 8.38. The number of esters is 1. The minimum absolute atomic E-state index is 0.0347. The van der Waals surface area contributed by atoms with Crippen LogP contribution >= 0.6 is 11.9 Å². The van der Waals surface area contributed by atoms with Gasteiger partial charge in [-0.15, -0.1) is 0 Å². The Labute approximate surface area is 134 Å². The van der Waals surface area contributed by atoms with E-state index in [2.05, 4.69) is 4.98 Å². The smallest absolute Gasteiger partial charge is 0.335 e. The van der Waals surface area contributed by atoms with Gasteiger partial charge in [0.2, 0.25) is 0 Å². The summed E-state index contributed by atoms with van der Waals surface area (Å²) >= 11 is 1.17. The summed E-state index contributed by atoms with van der Waals surface area (Å²) in [6, 6.07) is 3.89. The van der Waals surface area contributed by atoms with Gasteiger partial charge in [0.25, 0.3) is 0 Å². The highest BCUT2D eigenvalue weighted by atomic mass is 32.2. The number of aromatic nitrogens is 1. The van der Waals surface area contributed by atoms with Crippen molar-refractivity contribution >= 4 is 17.9 Å². The number of H-pyrrole nitrogens is 1. The van der Waals surface area contributed by atoms with Crippen LogP contribution in [0.4, 0.5) is 0 Å². The summed E-state index contributed by atoms with van der Waals surface area (Å²) in [5, 5.41) is 5.57. The van der Waals surface area contributed by atoms with Gasteiger partial charge in [0, 0.05) is 18.8 Å². The summed E-state index contributed by atoms with van der Waals surface area (Å²) in [5.74, 6) is -1.05. The number of nitrogens with one attached hydrogen (secondary N) is 1. The lowest BCUT2D eigenvalue weighted by molar-refractivity contribution is -0.142. The van der Waals surface area contributed by atoms with Crippen LogP contribution in [-0.2, 0) is 19.0 Å². The molecule has 6 nitrogen and oxygen atoms in total. The van der Waals surface area contributed by atoms with Crippen LogP contribution in [0, 0.1) is 0 Å². The van der Waals surface area contributed by atoms with Crippen molar-refractivity contribution in [1.82, 2.24) is 4.98 Å². The summed E-state index contributed by atoms with van der Waals surface area (Å²) in [4.78, 5) is 14.7. The van der Waals surface area contributed by atoms with Crippen molar-refractivity contribution in [2.45, 2.75) is 30.8 Å². The molecule has 3 rings (SSSR count). The van der Waals surface area contributed by atoms with Crippen LogP contribution in [0.15, 0.2) is 36.2 Å². The average Bonchev–Trinajstić information content (AvgIpc) is 3.22. The maximum atomic E-state index is 11.8. The summed E-state index contributed by atoms with van der Waals surface area (Å²) in [6.07, 6.45) is 6.97. The van der Waals surface area contributed by atoms with Crippen LogP contribution in [0.2, 0.25) is 0 Å². The van der Waals surface area contributed by atoms with Gasteiger partial charge < -0.3 is 19.2 Å². The second-order valence-electron chi connectivity index (χ2n) is 4.88. The predicted octanol–water partition coefficient (Wildman–Crippen LogP) is 2.00. The molecule has 1 fully saturated rings. The standard InChI is InChI=1S/C11H17NO4S.C4H5N/c1-2-14-10(13)8-7-11(15-5-6-16-11)4-3-9(8)17-12;1-2-4-5-3-1/h7,9H,2-6,12H2,1H3;1-5H. The van der Waals surface area contributed by atoms with Gasteiger partial charge in [0.15, 0.2) is 5.79 Å². The molecule has 2 aliphatic rings. The van der Waals surface area contributed by atoms with Gasteiger partial charge in [-0.2, -0.15) is 0 Å². The Bertz CT molecular complexity index is 467. The highest BCUT2D eigenvalue weighted by Gasteiger charge is 2.41. The number of hydrogen-bond donors (Lipinski definition) is 2. The van der Waals surface area contributed by atoms with Crippen molar-refractivity contribution in [1.29, 1.82) is 0 Å². The quantitative estimate of drug-likeness (QED) is 0.653. The fourth-order valence-electron chi connectivity index (χ4n) is 2.41. The van der Waals surface area contributed by atoms with Gasteiger partial charge in [-0.1, -0.05) is 11.9 Å². The van der Waals surface area contributed by atoms with Crippen molar-refractivity contribution in [2.24, 2.45) is 5.14 Å². The number of nitrogens with two attached hydrogens (primary N) is 1. The Morgan fingerprint density at radius 1 is 1.45 bits per heavy atom. The molecule has 1 saturated heterocycles. The van der Waals surface area contributed by atoms with E-state index in [0.717, 1.165) is 12.8 Å². The molecule has 1 aliphatic heterocycles. The summed E-state index contributed by atoms with van der Waals surface area (Å²) < 4.78 is 16.2. The van der Waals surface area contributed by atoms with Gasteiger partial charge in [-0.05, 0) is 31.6 Å². The summed E-state index contributed by atoms with van der Waals surface area (Å²) in [7, 11) is 0. The number of carbonyl (C=O) groups excluding carboxylic acids is 1. The fraction of sp³-hybridized carbons (Fsp3) is 0.533. The molecule has 0 saturated carbocycles. The molecule has 1 atom stereocenters. The van der Waals surface area contributed by atoms with Crippen LogP contribution in [-0.4, -0.2) is 41.8 Å². The van der Waals surface area contributed by atoms with E-state index in [9.17, 15) is 4.79 Å². The molecule has 1 aromatic heterocycles. The maximum Gasteiger partial charge on any atom is 0.335 e. The first kappa shape index (κ1) is 17.1. The van der Waals surface area contributed by atoms with Gasteiger partial charge in [-0.3, -0.25) is 5.14 Å². The number of hydrogen-bond acceptors (Lipinski definition) is 6. The molecule has 0 aromatic carbocycles. The maximum absolute atomic E-state index is 11.8. The molecular weight excluding hydrogens is 304 g/mol.